The summed E-state index contributed by atoms with van der Waals surface area (Å²) < 4.78 is 0. The Morgan fingerprint density at radius 1 is 1.33 bits per heavy atom. The molecule has 1 heterocycles. The molecule has 1 atom stereocenters. The molecule has 21 heavy (non-hydrogen) atoms. The first-order chi connectivity index (χ1) is 9.22. The number of aryl methyl sites for hydroxylation is 1. The molecule has 0 radical (unpaired) electrons. The molecule has 0 aromatic heterocycles. The molecular formula is C16H25Cl3N2. The van der Waals surface area contributed by atoms with Crippen molar-refractivity contribution < 1.29 is 0 Å². The molecule has 2 rings (SSSR count). The highest BCUT2D eigenvalue weighted by Gasteiger charge is 2.22. The van der Waals surface area contributed by atoms with Crippen molar-refractivity contribution in [2.45, 2.75) is 25.8 Å². The lowest BCUT2D eigenvalue weighted by atomic mass is 9.95. The van der Waals surface area contributed by atoms with Gasteiger partial charge in [-0.1, -0.05) is 23.7 Å². The highest BCUT2D eigenvalue weighted by Crippen LogP contribution is 2.30. The van der Waals surface area contributed by atoms with Crippen LogP contribution < -0.4 is 5.32 Å². The number of hydrogen-bond donors (Lipinski definition) is 1. The third kappa shape index (κ3) is 5.80. The minimum atomic E-state index is 0. The van der Waals surface area contributed by atoms with Crippen molar-refractivity contribution in [1.29, 1.82) is 0 Å². The van der Waals surface area contributed by atoms with E-state index >= 15 is 0 Å². The summed E-state index contributed by atoms with van der Waals surface area (Å²) in [6, 6.07) is 6.75. The predicted octanol–water partition coefficient (Wildman–Crippen LogP) is 4.40. The van der Waals surface area contributed by atoms with Crippen LogP contribution >= 0.6 is 36.4 Å². The minimum absolute atomic E-state index is 0. The summed E-state index contributed by atoms with van der Waals surface area (Å²) in [6.45, 7) is 10.4. The van der Waals surface area contributed by atoms with Crippen LogP contribution in [0.3, 0.4) is 0 Å². The fourth-order valence-electron chi connectivity index (χ4n) is 2.82. The maximum Gasteiger partial charge on any atom is 0.0408 e. The molecule has 1 N–H and O–H groups in total. The van der Waals surface area contributed by atoms with Gasteiger partial charge in [0.1, 0.15) is 0 Å². The van der Waals surface area contributed by atoms with Crippen molar-refractivity contribution in [3.63, 3.8) is 0 Å². The molecule has 0 bridgehead atoms. The lowest BCUT2D eigenvalue weighted by molar-refractivity contribution is 0.165. The minimum Gasteiger partial charge on any atom is -0.314 e. The Bertz CT molecular complexity index is 432. The first-order valence-corrected chi connectivity index (χ1v) is 7.42. The average Bonchev–Trinajstić information content (AvgIpc) is 2.42. The van der Waals surface area contributed by atoms with Crippen LogP contribution in [0, 0.1) is 6.92 Å². The maximum absolute atomic E-state index is 6.07. The number of benzene rings is 1. The second-order valence-corrected chi connectivity index (χ2v) is 5.61. The van der Waals surface area contributed by atoms with Crippen LogP contribution in [0.2, 0.25) is 5.02 Å². The van der Waals surface area contributed by atoms with Gasteiger partial charge in [0.2, 0.25) is 0 Å². The van der Waals surface area contributed by atoms with E-state index in [0.717, 1.165) is 44.0 Å². The number of halogens is 3. The highest BCUT2D eigenvalue weighted by molar-refractivity contribution is 6.30. The molecule has 0 unspecified atom stereocenters. The predicted molar refractivity (Wildman–Crippen MR) is 97.3 cm³/mol. The zero-order chi connectivity index (χ0) is 13.7. The van der Waals surface area contributed by atoms with E-state index in [2.05, 4.69) is 35.9 Å². The maximum atomic E-state index is 6.07. The van der Waals surface area contributed by atoms with Crippen LogP contribution in [-0.2, 0) is 0 Å². The zero-order valence-corrected chi connectivity index (χ0v) is 14.9. The zero-order valence-electron chi connectivity index (χ0n) is 12.5. The topological polar surface area (TPSA) is 15.3 Å². The van der Waals surface area contributed by atoms with Crippen molar-refractivity contribution in [1.82, 2.24) is 10.2 Å². The third-order valence-corrected chi connectivity index (χ3v) is 4.06. The molecule has 1 saturated heterocycles. The van der Waals surface area contributed by atoms with Crippen LogP contribution in [0.5, 0.6) is 0 Å². The summed E-state index contributed by atoms with van der Waals surface area (Å²) in [5, 5.41) is 4.24. The highest BCUT2D eigenvalue weighted by atomic mass is 35.5. The number of hydrogen-bond acceptors (Lipinski definition) is 2. The summed E-state index contributed by atoms with van der Waals surface area (Å²) in [5.41, 5.74) is 2.70. The Labute approximate surface area is 145 Å². The molecule has 2 nitrogen and oxygen atoms in total. The van der Waals surface area contributed by atoms with E-state index < -0.39 is 0 Å². The second-order valence-electron chi connectivity index (χ2n) is 5.17. The lowest BCUT2D eigenvalue weighted by Gasteiger charge is -2.36. The molecule has 1 aliphatic heterocycles. The number of piperazine rings is 1. The van der Waals surface area contributed by atoms with Crippen molar-refractivity contribution in [3.05, 3.63) is 47.0 Å². The van der Waals surface area contributed by atoms with Crippen molar-refractivity contribution in [3.8, 4) is 0 Å². The fourth-order valence-corrected chi connectivity index (χ4v) is 3.04. The first kappa shape index (κ1) is 20.8. The van der Waals surface area contributed by atoms with Crippen LogP contribution in [0.15, 0.2) is 30.9 Å². The Hall–Kier alpha value is -0.250. The molecule has 1 aromatic rings. The van der Waals surface area contributed by atoms with Crippen molar-refractivity contribution in [2.24, 2.45) is 0 Å². The van der Waals surface area contributed by atoms with E-state index in [1.54, 1.807) is 0 Å². The van der Waals surface area contributed by atoms with Crippen molar-refractivity contribution in [2.75, 3.05) is 26.2 Å². The largest absolute Gasteiger partial charge is 0.314 e. The molecule has 120 valence electrons. The summed E-state index contributed by atoms with van der Waals surface area (Å²) in [4.78, 5) is 2.58. The molecule has 0 aliphatic carbocycles. The second kappa shape index (κ2) is 10.5. The van der Waals surface area contributed by atoms with Crippen LogP contribution in [0.4, 0.5) is 0 Å². The molecule has 0 amide bonds. The van der Waals surface area contributed by atoms with Gasteiger partial charge in [0.25, 0.3) is 0 Å². The molecule has 5 heteroatoms. The van der Waals surface area contributed by atoms with E-state index in [9.17, 15) is 0 Å². The molecule has 0 spiro atoms. The Balaban J connectivity index is 0.00000200. The van der Waals surface area contributed by atoms with E-state index in [1.807, 2.05) is 12.1 Å². The number of nitrogens with one attached hydrogen (secondary N) is 1. The van der Waals surface area contributed by atoms with Gasteiger partial charge in [0, 0.05) is 37.2 Å². The van der Waals surface area contributed by atoms with Crippen LogP contribution in [-0.4, -0.2) is 31.1 Å². The van der Waals surface area contributed by atoms with E-state index in [1.165, 1.54) is 11.1 Å². The summed E-state index contributed by atoms with van der Waals surface area (Å²) in [5.74, 6) is 0. The Morgan fingerprint density at radius 3 is 2.57 bits per heavy atom. The number of nitrogens with zero attached hydrogens (tertiary/aromatic N) is 1. The number of rotatable bonds is 5. The van der Waals surface area contributed by atoms with Crippen molar-refractivity contribution >= 4 is 36.4 Å². The Morgan fingerprint density at radius 2 is 2.00 bits per heavy atom. The van der Waals surface area contributed by atoms with Gasteiger partial charge in [-0.15, -0.1) is 31.4 Å². The first-order valence-electron chi connectivity index (χ1n) is 7.04. The normalized spacial score (nSPS) is 16.5. The summed E-state index contributed by atoms with van der Waals surface area (Å²) in [6.07, 6.45) is 4.20. The standard InChI is InChI=1S/C16H23ClN2.2ClH/c1-3-4-5-16(19-10-8-18-9-11-19)15-7-6-14(17)12-13(15)2;;/h3,6-7,12,16,18H,1,4-5,8-11H2,2H3;2*1H/t16-;;/m0../s1. The average molecular weight is 352 g/mol. The third-order valence-electron chi connectivity index (χ3n) is 3.83. The summed E-state index contributed by atoms with van der Waals surface area (Å²) in [7, 11) is 0. The van der Waals surface area contributed by atoms with Gasteiger partial charge in [-0.05, 0) is 43.0 Å². The lowest BCUT2D eigenvalue weighted by Crippen LogP contribution is -2.45. The molecule has 1 aliphatic rings. The van der Waals surface area contributed by atoms with E-state index in [4.69, 9.17) is 11.6 Å². The van der Waals surface area contributed by atoms with Gasteiger partial charge in [0.15, 0.2) is 0 Å². The Kier molecular flexibility index (Phi) is 10.3. The fraction of sp³-hybridized carbons (Fsp3) is 0.500. The monoisotopic (exact) mass is 350 g/mol. The SMILES string of the molecule is C=CCC[C@@H](c1ccc(Cl)cc1C)N1CCNCC1.Cl.Cl. The van der Waals surface area contributed by atoms with Gasteiger partial charge < -0.3 is 5.32 Å². The van der Waals surface area contributed by atoms with Gasteiger partial charge in [-0.25, -0.2) is 0 Å². The molecule has 0 saturated carbocycles. The van der Waals surface area contributed by atoms with Gasteiger partial charge in [-0.2, -0.15) is 0 Å². The molecule has 1 fully saturated rings. The smallest absolute Gasteiger partial charge is 0.0408 e. The van der Waals surface area contributed by atoms with E-state index in [-0.39, 0.29) is 24.8 Å². The van der Waals surface area contributed by atoms with E-state index in [0.29, 0.717) is 6.04 Å². The van der Waals surface area contributed by atoms with Gasteiger partial charge in [-0.3, -0.25) is 4.90 Å². The van der Waals surface area contributed by atoms with Crippen LogP contribution in [0.1, 0.15) is 30.0 Å². The quantitative estimate of drug-likeness (QED) is 0.791. The van der Waals surface area contributed by atoms with Gasteiger partial charge in [0.05, 0.1) is 0 Å². The molecule has 1 aromatic carbocycles. The summed E-state index contributed by atoms with van der Waals surface area (Å²) >= 11 is 6.07. The van der Waals surface area contributed by atoms with Crippen LogP contribution in [0.25, 0.3) is 0 Å². The number of allylic oxidation sites excluding steroid dienone is 1. The van der Waals surface area contributed by atoms with Gasteiger partial charge >= 0.3 is 0 Å². The molecular weight excluding hydrogens is 327 g/mol.